The first-order chi connectivity index (χ1) is 9.45. The molecule has 1 fully saturated rings. The van der Waals surface area contributed by atoms with Crippen molar-refractivity contribution in [2.24, 2.45) is 4.99 Å². The van der Waals surface area contributed by atoms with Crippen LogP contribution >= 0.6 is 0 Å². The fourth-order valence-electron chi connectivity index (χ4n) is 2.82. The largest absolute Gasteiger partial charge is 0.485 e. The molecule has 2 rings (SSSR count). The van der Waals surface area contributed by atoms with Gasteiger partial charge in [-0.2, -0.15) is 0 Å². The van der Waals surface area contributed by atoms with Crippen molar-refractivity contribution in [1.29, 1.82) is 0 Å². The normalized spacial score (nSPS) is 24.4. The molecule has 1 saturated carbocycles. The number of carbonyl (C=O) groups is 1. The van der Waals surface area contributed by atoms with Gasteiger partial charge in [-0.25, -0.2) is 0 Å². The molecule has 4 heteroatoms. The lowest BCUT2D eigenvalue weighted by Gasteiger charge is -2.32. The van der Waals surface area contributed by atoms with E-state index in [9.17, 15) is 4.79 Å². The van der Waals surface area contributed by atoms with E-state index in [2.05, 4.69) is 18.2 Å². The van der Waals surface area contributed by atoms with E-state index >= 15 is 0 Å². The summed E-state index contributed by atoms with van der Waals surface area (Å²) in [6.07, 6.45) is 6.68. The third-order valence-electron chi connectivity index (χ3n) is 4.34. The van der Waals surface area contributed by atoms with Gasteiger partial charge in [-0.1, -0.05) is 26.0 Å². The van der Waals surface area contributed by atoms with Crippen molar-refractivity contribution in [3.63, 3.8) is 0 Å². The molecule has 0 aromatic rings. The molecule has 110 valence electrons. The molecule has 0 radical (unpaired) electrons. The van der Waals surface area contributed by atoms with Crippen molar-refractivity contribution in [3.8, 4) is 0 Å². The number of hydrogen-bond acceptors (Lipinski definition) is 3. The molecule has 1 aliphatic carbocycles. The van der Waals surface area contributed by atoms with Gasteiger partial charge in [0.1, 0.15) is 17.2 Å². The molecule has 0 unspecified atom stereocenters. The lowest BCUT2D eigenvalue weighted by atomic mass is 9.94. The van der Waals surface area contributed by atoms with Crippen LogP contribution in [0.4, 0.5) is 0 Å². The maximum absolute atomic E-state index is 12.2. The van der Waals surface area contributed by atoms with Crippen LogP contribution in [0, 0.1) is 0 Å². The van der Waals surface area contributed by atoms with Crippen molar-refractivity contribution < 1.29 is 9.53 Å². The fourth-order valence-corrected chi connectivity index (χ4v) is 2.82. The summed E-state index contributed by atoms with van der Waals surface area (Å²) in [5.74, 6) is 0.911. The van der Waals surface area contributed by atoms with Crippen molar-refractivity contribution >= 4 is 11.7 Å². The summed E-state index contributed by atoms with van der Waals surface area (Å²) in [4.78, 5) is 18.3. The predicted octanol–water partition coefficient (Wildman–Crippen LogP) is 3.06. The maximum Gasteiger partial charge on any atom is 0.262 e. The summed E-state index contributed by atoms with van der Waals surface area (Å²) < 4.78 is 6.11. The van der Waals surface area contributed by atoms with Gasteiger partial charge in [0, 0.05) is 7.05 Å². The minimum Gasteiger partial charge on any atom is -0.485 e. The second-order valence-electron chi connectivity index (χ2n) is 5.83. The first-order valence-corrected chi connectivity index (χ1v) is 7.31. The van der Waals surface area contributed by atoms with Crippen molar-refractivity contribution in [1.82, 2.24) is 4.90 Å². The molecule has 2 aliphatic rings. The molecule has 0 bridgehead atoms. The number of rotatable bonds is 0. The molecule has 1 amide bonds. The van der Waals surface area contributed by atoms with E-state index in [1.807, 2.05) is 6.92 Å². The Morgan fingerprint density at radius 1 is 1.20 bits per heavy atom. The topological polar surface area (TPSA) is 41.9 Å². The average molecular weight is 276 g/mol. The molecule has 20 heavy (non-hydrogen) atoms. The summed E-state index contributed by atoms with van der Waals surface area (Å²) in [5.41, 5.74) is 0.0102. The number of likely N-dealkylation sites (N-methyl/N-ethyl adjacent to an activating group) is 1. The number of aliphatic imine (C=N–C) groups is 1. The van der Waals surface area contributed by atoms with E-state index in [1.54, 1.807) is 7.05 Å². The minimum atomic E-state index is -0.316. The standard InChI is InChI=1S/C16H24N2O2/c1-12-13(2)20-16(9-7-5-6-8-10-16)11-17-14(3)18(4)15(12)19/h1-2,5-11H2,3-4H3. The van der Waals surface area contributed by atoms with E-state index in [-0.39, 0.29) is 11.5 Å². The van der Waals surface area contributed by atoms with Gasteiger partial charge in [0.25, 0.3) is 5.91 Å². The Morgan fingerprint density at radius 2 is 1.80 bits per heavy atom. The lowest BCUT2D eigenvalue weighted by molar-refractivity contribution is -0.122. The van der Waals surface area contributed by atoms with Crippen LogP contribution in [0.3, 0.4) is 0 Å². The van der Waals surface area contributed by atoms with Gasteiger partial charge in [0.2, 0.25) is 0 Å². The third kappa shape index (κ3) is 2.94. The Balaban J connectivity index is 2.33. The average Bonchev–Trinajstić information content (AvgIpc) is 2.66. The summed E-state index contributed by atoms with van der Waals surface area (Å²) in [7, 11) is 1.71. The SMILES string of the molecule is C=C1OC2(CCCCCC2)CN=C(C)N(C)C(=O)C1=C. The summed E-state index contributed by atoms with van der Waals surface area (Å²) in [6.45, 7) is 10.2. The molecule has 1 heterocycles. The van der Waals surface area contributed by atoms with E-state index in [0.717, 1.165) is 25.7 Å². The molecular weight excluding hydrogens is 252 g/mol. The van der Waals surface area contributed by atoms with Gasteiger partial charge in [-0.15, -0.1) is 0 Å². The number of amidine groups is 1. The summed E-state index contributed by atoms with van der Waals surface area (Å²) in [6, 6.07) is 0. The Hall–Kier alpha value is -1.58. The zero-order valence-corrected chi connectivity index (χ0v) is 12.6. The second kappa shape index (κ2) is 5.81. The van der Waals surface area contributed by atoms with Gasteiger partial charge >= 0.3 is 0 Å². The first-order valence-electron chi connectivity index (χ1n) is 7.31. The number of hydrogen-bond donors (Lipinski definition) is 0. The van der Waals surface area contributed by atoms with Crippen LogP contribution in [0.1, 0.15) is 45.4 Å². The molecule has 0 aromatic heterocycles. The second-order valence-corrected chi connectivity index (χ2v) is 5.83. The molecule has 0 N–H and O–H groups in total. The highest BCUT2D eigenvalue weighted by Crippen LogP contribution is 2.34. The van der Waals surface area contributed by atoms with Gasteiger partial charge in [0.05, 0.1) is 12.1 Å². The molecule has 1 aliphatic heterocycles. The Labute approximate surface area is 121 Å². The molecule has 0 aromatic carbocycles. The van der Waals surface area contributed by atoms with Crippen LogP contribution in [-0.2, 0) is 9.53 Å². The molecular formula is C16H24N2O2. The Morgan fingerprint density at radius 3 is 2.40 bits per heavy atom. The van der Waals surface area contributed by atoms with Crippen LogP contribution in [0.2, 0.25) is 0 Å². The molecule has 0 atom stereocenters. The highest BCUT2D eigenvalue weighted by Gasteiger charge is 2.36. The van der Waals surface area contributed by atoms with Crippen LogP contribution in [0.5, 0.6) is 0 Å². The van der Waals surface area contributed by atoms with Gasteiger partial charge in [-0.3, -0.25) is 14.7 Å². The third-order valence-corrected chi connectivity index (χ3v) is 4.34. The van der Waals surface area contributed by atoms with E-state index in [0.29, 0.717) is 23.7 Å². The zero-order chi connectivity index (χ0) is 14.8. The Bertz CT molecular complexity index is 457. The van der Waals surface area contributed by atoms with Crippen LogP contribution in [-0.4, -0.2) is 35.8 Å². The van der Waals surface area contributed by atoms with E-state index in [4.69, 9.17) is 4.74 Å². The van der Waals surface area contributed by atoms with Crippen molar-refractivity contribution in [2.45, 2.75) is 51.0 Å². The first kappa shape index (κ1) is 14.8. The van der Waals surface area contributed by atoms with E-state index in [1.165, 1.54) is 17.7 Å². The fraction of sp³-hybridized carbons (Fsp3) is 0.625. The predicted molar refractivity (Wildman–Crippen MR) is 80.5 cm³/mol. The van der Waals surface area contributed by atoms with E-state index < -0.39 is 0 Å². The van der Waals surface area contributed by atoms with Crippen molar-refractivity contribution in [3.05, 3.63) is 24.5 Å². The molecule has 0 saturated heterocycles. The molecule has 4 nitrogen and oxygen atoms in total. The maximum atomic E-state index is 12.2. The minimum absolute atomic E-state index is 0.193. The smallest absolute Gasteiger partial charge is 0.262 e. The molecule has 1 spiro atoms. The lowest BCUT2D eigenvalue weighted by Crippen LogP contribution is -2.35. The Kier molecular flexibility index (Phi) is 4.31. The zero-order valence-electron chi connectivity index (χ0n) is 12.6. The van der Waals surface area contributed by atoms with Crippen LogP contribution < -0.4 is 0 Å². The van der Waals surface area contributed by atoms with Gasteiger partial charge in [-0.05, 0) is 32.6 Å². The highest BCUT2D eigenvalue weighted by atomic mass is 16.5. The highest BCUT2D eigenvalue weighted by molar-refractivity contribution is 6.06. The monoisotopic (exact) mass is 276 g/mol. The van der Waals surface area contributed by atoms with Gasteiger partial charge in [0.15, 0.2) is 0 Å². The number of ether oxygens (including phenoxy) is 1. The van der Waals surface area contributed by atoms with Crippen LogP contribution in [0.15, 0.2) is 29.5 Å². The quantitative estimate of drug-likeness (QED) is 0.638. The van der Waals surface area contributed by atoms with Crippen molar-refractivity contribution in [2.75, 3.05) is 13.6 Å². The van der Waals surface area contributed by atoms with Gasteiger partial charge < -0.3 is 4.74 Å². The summed E-state index contributed by atoms with van der Waals surface area (Å²) >= 11 is 0. The number of amides is 1. The number of carbonyl (C=O) groups excluding carboxylic acids is 1. The number of nitrogens with zero attached hydrogens (tertiary/aromatic N) is 2. The summed E-state index contributed by atoms with van der Waals surface area (Å²) in [5, 5.41) is 0. The van der Waals surface area contributed by atoms with Crippen LogP contribution in [0.25, 0.3) is 0 Å².